The molecule has 1 N–H and O–H groups in total. The molecular formula is C28H27N3O2. The van der Waals surface area contributed by atoms with E-state index >= 15 is 0 Å². The van der Waals surface area contributed by atoms with Crippen molar-refractivity contribution in [2.24, 2.45) is 5.41 Å². The van der Waals surface area contributed by atoms with E-state index in [1.165, 1.54) is 0 Å². The number of fused-ring (bicyclic) bond motifs is 1. The number of ketones is 1. The van der Waals surface area contributed by atoms with Crippen LogP contribution in [-0.2, 0) is 16.0 Å². The Kier molecular flexibility index (Phi) is 5.33. The van der Waals surface area contributed by atoms with Crippen molar-refractivity contribution in [2.45, 2.75) is 39.2 Å². The van der Waals surface area contributed by atoms with E-state index in [1.807, 2.05) is 72.8 Å². The van der Waals surface area contributed by atoms with Gasteiger partial charge < -0.3 is 5.32 Å². The summed E-state index contributed by atoms with van der Waals surface area (Å²) < 4.78 is 0. The molecule has 0 saturated carbocycles. The summed E-state index contributed by atoms with van der Waals surface area (Å²) in [6, 6.07) is 22.6. The molecule has 1 aliphatic heterocycles. The first-order valence-corrected chi connectivity index (χ1v) is 11.3. The molecule has 1 atom stereocenters. The molecule has 33 heavy (non-hydrogen) atoms. The molecule has 0 saturated heterocycles. The van der Waals surface area contributed by atoms with E-state index in [-0.39, 0.29) is 23.5 Å². The number of aromatic nitrogens is 1. The van der Waals surface area contributed by atoms with Gasteiger partial charge in [-0.25, -0.2) is 0 Å². The van der Waals surface area contributed by atoms with Crippen LogP contribution in [0.2, 0.25) is 0 Å². The van der Waals surface area contributed by atoms with Crippen LogP contribution in [0.4, 0.5) is 11.4 Å². The second-order valence-corrected chi connectivity index (χ2v) is 9.56. The van der Waals surface area contributed by atoms with E-state index in [4.69, 9.17) is 0 Å². The lowest BCUT2D eigenvalue weighted by atomic mass is 9.73. The number of benzene rings is 2. The Balaban J connectivity index is 1.71. The van der Waals surface area contributed by atoms with E-state index in [2.05, 4.69) is 24.1 Å². The summed E-state index contributed by atoms with van der Waals surface area (Å²) >= 11 is 0. The van der Waals surface area contributed by atoms with Crippen LogP contribution in [0.15, 0.2) is 90.3 Å². The van der Waals surface area contributed by atoms with E-state index in [9.17, 15) is 9.59 Å². The average Bonchev–Trinajstić information content (AvgIpc) is 2.94. The molecule has 1 aliphatic carbocycles. The van der Waals surface area contributed by atoms with Crippen LogP contribution in [0.5, 0.6) is 0 Å². The number of anilines is 2. The van der Waals surface area contributed by atoms with E-state index < -0.39 is 6.04 Å². The quantitative estimate of drug-likeness (QED) is 0.590. The van der Waals surface area contributed by atoms with Gasteiger partial charge in [0.25, 0.3) is 0 Å². The first-order chi connectivity index (χ1) is 15.9. The Bertz CT molecular complexity index is 1230. The lowest BCUT2D eigenvalue weighted by Crippen LogP contribution is -2.40. The van der Waals surface area contributed by atoms with Crippen LogP contribution in [0.1, 0.15) is 44.0 Å². The number of Topliss-reactive ketones (excluding diaryl/α,β-unsaturated/α-hetero) is 1. The van der Waals surface area contributed by atoms with Crippen molar-refractivity contribution < 1.29 is 9.59 Å². The van der Waals surface area contributed by atoms with Crippen LogP contribution >= 0.6 is 0 Å². The SMILES string of the molecule is CC1(C)CC(=O)C2=C(C1)Nc1ccccc1N(C(=O)Cc1ccccc1)C2c1ccccn1. The van der Waals surface area contributed by atoms with E-state index in [0.29, 0.717) is 17.7 Å². The van der Waals surface area contributed by atoms with Crippen molar-refractivity contribution in [2.75, 3.05) is 10.2 Å². The van der Waals surface area contributed by atoms with Crippen molar-refractivity contribution in [1.82, 2.24) is 4.98 Å². The maximum Gasteiger partial charge on any atom is 0.232 e. The van der Waals surface area contributed by atoms with Gasteiger partial charge >= 0.3 is 0 Å². The van der Waals surface area contributed by atoms with Crippen molar-refractivity contribution in [3.05, 3.63) is 102 Å². The van der Waals surface area contributed by atoms with Crippen molar-refractivity contribution in [1.29, 1.82) is 0 Å². The van der Waals surface area contributed by atoms with Gasteiger partial charge in [-0.2, -0.15) is 0 Å². The fraction of sp³-hybridized carbons (Fsp3) is 0.250. The molecule has 5 nitrogen and oxygen atoms in total. The maximum atomic E-state index is 13.9. The molecule has 0 fully saturated rings. The maximum absolute atomic E-state index is 13.9. The van der Waals surface area contributed by atoms with Crippen LogP contribution in [-0.4, -0.2) is 16.7 Å². The zero-order valence-electron chi connectivity index (χ0n) is 18.9. The largest absolute Gasteiger partial charge is 0.357 e. The highest BCUT2D eigenvalue weighted by molar-refractivity contribution is 6.06. The van der Waals surface area contributed by atoms with Gasteiger partial charge in [0, 0.05) is 23.9 Å². The molecule has 0 spiro atoms. The molecule has 166 valence electrons. The van der Waals surface area contributed by atoms with Crippen molar-refractivity contribution >= 4 is 23.1 Å². The summed E-state index contributed by atoms with van der Waals surface area (Å²) in [6.07, 6.45) is 3.12. The number of nitrogens with zero attached hydrogens (tertiary/aromatic N) is 2. The lowest BCUT2D eigenvalue weighted by molar-refractivity contribution is -0.119. The molecular weight excluding hydrogens is 410 g/mol. The van der Waals surface area contributed by atoms with Crippen LogP contribution in [0.3, 0.4) is 0 Å². The first kappa shape index (κ1) is 21.1. The average molecular weight is 438 g/mol. The fourth-order valence-electron chi connectivity index (χ4n) is 4.94. The summed E-state index contributed by atoms with van der Waals surface area (Å²) in [5, 5.41) is 3.53. The molecule has 2 heterocycles. The molecule has 5 rings (SSSR count). The van der Waals surface area contributed by atoms with Gasteiger partial charge in [0.2, 0.25) is 5.91 Å². The summed E-state index contributed by atoms with van der Waals surface area (Å²) in [5.74, 6) is -0.00722. The second kappa shape index (κ2) is 8.32. The molecule has 1 amide bonds. The third-order valence-electron chi connectivity index (χ3n) is 6.34. The topological polar surface area (TPSA) is 62.3 Å². The summed E-state index contributed by atoms with van der Waals surface area (Å²) in [5.41, 5.74) is 4.58. The summed E-state index contributed by atoms with van der Waals surface area (Å²) in [4.78, 5) is 33.9. The molecule has 2 aliphatic rings. The zero-order valence-corrected chi connectivity index (χ0v) is 18.9. The van der Waals surface area contributed by atoms with Crippen LogP contribution in [0.25, 0.3) is 0 Å². The van der Waals surface area contributed by atoms with Gasteiger partial charge in [-0.15, -0.1) is 0 Å². The van der Waals surface area contributed by atoms with E-state index in [1.54, 1.807) is 11.1 Å². The Labute approximate surface area is 194 Å². The number of amides is 1. The molecule has 1 unspecified atom stereocenters. The van der Waals surface area contributed by atoms with Gasteiger partial charge in [-0.05, 0) is 41.7 Å². The third-order valence-corrected chi connectivity index (χ3v) is 6.34. The molecule has 1 aromatic heterocycles. The fourth-order valence-corrected chi connectivity index (χ4v) is 4.94. The molecule has 0 radical (unpaired) electrons. The monoisotopic (exact) mass is 437 g/mol. The van der Waals surface area contributed by atoms with Gasteiger partial charge in [-0.3, -0.25) is 19.5 Å². The molecule has 3 aromatic rings. The Morgan fingerprint density at radius 2 is 1.73 bits per heavy atom. The van der Waals surface area contributed by atoms with Crippen LogP contribution < -0.4 is 10.2 Å². The Morgan fingerprint density at radius 1 is 1.00 bits per heavy atom. The van der Waals surface area contributed by atoms with Crippen molar-refractivity contribution in [3.8, 4) is 0 Å². The summed E-state index contributed by atoms with van der Waals surface area (Å²) in [6.45, 7) is 4.22. The number of para-hydroxylation sites is 2. The third kappa shape index (κ3) is 4.07. The Hall–Kier alpha value is -3.73. The first-order valence-electron chi connectivity index (χ1n) is 11.3. The Morgan fingerprint density at radius 3 is 2.48 bits per heavy atom. The minimum Gasteiger partial charge on any atom is -0.357 e. The van der Waals surface area contributed by atoms with Gasteiger partial charge in [0.1, 0.15) is 6.04 Å². The van der Waals surface area contributed by atoms with Gasteiger partial charge in [0.15, 0.2) is 5.78 Å². The van der Waals surface area contributed by atoms with Crippen LogP contribution in [0, 0.1) is 5.41 Å². The number of pyridine rings is 1. The summed E-state index contributed by atoms with van der Waals surface area (Å²) in [7, 11) is 0. The number of carbonyl (C=O) groups excluding carboxylic acids is 2. The van der Waals surface area contributed by atoms with Gasteiger partial charge in [-0.1, -0.05) is 62.4 Å². The molecule has 0 bridgehead atoms. The lowest BCUT2D eigenvalue weighted by Gasteiger charge is -2.36. The zero-order chi connectivity index (χ0) is 23.0. The number of hydrogen-bond donors (Lipinski definition) is 1. The second-order valence-electron chi connectivity index (χ2n) is 9.56. The predicted octanol–water partition coefficient (Wildman–Crippen LogP) is 5.47. The molecule has 2 aromatic carbocycles. The highest BCUT2D eigenvalue weighted by atomic mass is 16.2. The van der Waals surface area contributed by atoms with E-state index in [0.717, 1.165) is 29.1 Å². The normalized spacial score (nSPS) is 19.3. The number of allylic oxidation sites excluding steroid dienone is 1. The minimum absolute atomic E-state index is 0.0646. The molecule has 5 heteroatoms. The van der Waals surface area contributed by atoms with Gasteiger partial charge in [0.05, 0.1) is 23.5 Å². The number of hydrogen-bond acceptors (Lipinski definition) is 4. The number of rotatable bonds is 3. The highest BCUT2D eigenvalue weighted by Gasteiger charge is 2.43. The number of nitrogens with one attached hydrogen (secondary N) is 1. The van der Waals surface area contributed by atoms with Crippen molar-refractivity contribution in [3.63, 3.8) is 0 Å². The predicted molar refractivity (Wildman–Crippen MR) is 130 cm³/mol. The highest BCUT2D eigenvalue weighted by Crippen LogP contribution is 2.48. The number of carbonyl (C=O) groups is 2. The minimum atomic E-state index is -0.586. The standard InChI is InChI=1S/C28H27N3O2/c1-28(2)17-22-26(24(32)18-28)27(21-13-8-9-15-29-21)31(23-14-7-6-12-20(23)30-22)25(33)16-19-10-4-3-5-11-19/h3-15,27,30H,16-18H2,1-2H3. The smallest absolute Gasteiger partial charge is 0.232 e.